The summed E-state index contributed by atoms with van der Waals surface area (Å²) in [5, 5.41) is 3.58. The molecule has 0 unspecified atom stereocenters. The van der Waals surface area contributed by atoms with Crippen LogP contribution in [0.25, 0.3) is 0 Å². The summed E-state index contributed by atoms with van der Waals surface area (Å²) in [5.74, 6) is -0.921. The van der Waals surface area contributed by atoms with Crippen molar-refractivity contribution >= 4 is 66.7 Å². The Morgan fingerprint density at radius 2 is 1.56 bits per heavy atom. The Morgan fingerprint density at radius 3 is 2.13 bits per heavy atom. The topological polar surface area (TPSA) is 86.8 Å². The normalized spacial score (nSPS) is 12.5. The fraction of sp³-hybridized carbons (Fsp3) is 0.286. The number of carbonyl (C=O) groups is 2. The van der Waals surface area contributed by atoms with Crippen molar-refractivity contribution in [2.75, 3.05) is 10.8 Å². The fourth-order valence-electron chi connectivity index (χ4n) is 3.74. The van der Waals surface area contributed by atoms with E-state index < -0.39 is 34.1 Å². The number of nitrogens with one attached hydrogen (secondary N) is 1. The quantitative estimate of drug-likeness (QED) is 0.294. The van der Waals surface area contributed by atoms with Crippen molar-refractivity contribution in [3.8, 4) is 0 Å². The number of anilines is 1. The molecule has 0 spiro atoms. The van der Waals surface area contributed by atoms with E-state index in [2.05, 4.69) is 21.2 Å². The van der Waals surface area contributed by atoms with E-state index in [0.717, 1.165) is 14.3 Å². The Hall–Kier alpha value is -2.59. The molecule has 0 heterocycles. The zero-order chi connectivity index (χ0) is 29.0. The maximum atomic E-state index is 13.9. The lowest BCUT2D eigenvalue weighted by Crippen LogP contribution is -2.54. The maximum Gasteiger partial charge on any atom is 0.264 e. The van der Waals surface area contributed by atoms with Gasteiger partial charge in [0.15, 0.2) is 0 Å². The number of amides is 2. The summed E-state index contributed by atoms with van der Waals surface area (Å²) in [4.78, 5) is 28.4. The van der Waals surface area contributed by atoms with Gasteiger partial charge in [-0.05, 0) is 87.9 Å². The van der Waals surface area contributed by atoms with Crippen LogP contribution in [0.5, 0.6) is 0 Å². The molecule has 1 atom stereocenters. The van der Waals surface area contributed by atoms with Crippen molar-refractivity contribution in [2.24, 2.45) is 0 Å². The summed E-state index contributed by atoms with van der Waals surface area (Å²) >= 11 is 15.6. The van der Waals surface area contributed by atoms with Crippen molar-refractivity contribution in [3.63, 3.8) is 0 Å². The molecule has 3 aromatic rings. The van der Waals surface area contributed by atoms with Crippen LogP contribution in [0, 0.1) is 0 Å². The molecule has 3 aromatic carbocycles. The molecule has 0 radical (unpaired) electrons. The minimum atomic E-state index is -4.21. The molecular weight excluding hydrogens is 625 g/mol. The van der Waals surface area contributed by atoms with Crippen LogP contribution in [0.3, 0.4) is 0 Å². The van der Waals surface area contributed by atoms with Crippen LogP contribution in [0.1, 0.15) is 33.3 Å². The zero-order valence-electron chi connectivity index (χ0n) is 22.0. The summed E-state index contributed by atoms with van der Waals surface area (Å²) in [6.07, 6.45) is 0. The largest absolute Gasteiger partial charge is 0.350 e. The number of nitrogens with zero attached hydrogens (tertiary/aromatic N) is 2. The van der Waals surface area contributed by atoms with Crippen LogP contribution >= 0.6 is 39.1 Å². The molecule has 7 nitrogen and oxygen atoms in total. The first-order chi connectivity index (χ1) is 18.2. The van der Waals surface area contributed by atoms with Gasteiger partial charge in [0, 0.05) is 26.6 Å². The van der Waals surface area contributed by atoms with Crippen LogP contribution < -0.4 is 9.62 Å². The Morgan fingerprint density at radius 1 is 0.949 bits per heavy atom. The third-order valence-corrected chi connectivity index (χ3v) is 8.51. The van der Waals surface area contributed by atoms with Gasteiger partial charge in [-0.25, -0.2) is 8.42 Å². The lowest BCUT2D eigenvalue weighted by atomic mass is 10.1. The minimum Gasteiger partial charge on any atom is -0.350 e. The summed E-state index contributed by atoms with van der Waals surface area (Å²) in [7, 11) is -4.21. The van der Waals surface area contributed by atoms with Crippen LogP contribution in [0.15, 0.2) is 82.2 Å². The van der Waals surface area contributed by atoms with Gasteiger partial charge in [-0.3, -0.25) is 13.9 Å². The van der Waals surface area contributed by atoms with Crippen LogP contribution in [-0.4, -0.2) is 43.3 Å². The van der Waals surface area contributed by atoms with Crippen LogP contribution in [-0.2, 0) is 26.2 Å². The summed E-state index contributed by atoms with van der Waals surface area (Å²) < 4.78 is 29.4. The molecule has 0 aliphatic carbocycles. The molecule has 0 aliphatic rings. The van der Waals surface area contributed by atoms with E-state index in [4.69, 9.17) is 23.2 Å². The lowest BCUT2D eigenvalue weighted by molar-refractivity contribution is -0.140. The second-order valence-electron chi connectivity index (χ2n) is 10.0. The predicted molar refractivity (Wildman–Crippen MR) is 159 cm³/mol. The molecule has 0 aromatic heterocycles. The highest BCUT2D eigenvalue weighted by atomic mass is 79.9. The van der Waals surface area contributed by atoms with E-state index in [0.29, 0.717) is 10.0 Å². The summed E-state index contributed by atoms with van der Waals surface area (Å²) in [6, 6.07) is 18.4. The van der Waals surface area contributed by atoms with Crippen LogP contribution in [0.4, 0.5) is 5.69 Å². The second-order valence-corrected chi connectivity index (χ2v) is 13.7. The van der Waals surface area contributed by atoms with E-state index in [1.54, 1.807) is 25.1 Å². The average molecular weight is 655 g/mol. The van der Waals surface area contributed by atoms with Gasteiger partial charge in [-0.1, -0.05) is 57.3 Å². The molecular formula is C28H30BrCl2N3O4S. The van der Waals surface area contributed by atoms with E-state index >= 15 is 0 Å². The summed E-state index contributed by atoms with van der Waals surface area (Å²) in [6.45, 7) is 6.69. The predicted octanol–water partition coefficient (Wildman–Crippen LogP) is 6.28. The third kappa shape index (κ3) is 8.45. The number of hydrogen-bond donors (Lipinski definition) is 1. The van der Waals surface area contributed by atoms with Crippen molar-refractivity contribution in [3.05, 3.63) is 92.9 Å². The molecule has 0 saturated carbocycles. The first-order valence-electron chi connectivity index (χ1n) is 12.1. The molecule has 0 saturated heterocycles. The van der Waals surface area contributed by atoms with Gasteiger partial charge in [0.1, 0.15) is 12.6 Å². The van der Waals surface area contributed by atoms with E-state index in [1.165, 1.54) is 35.2 Å². The SMILES string of the molecule is C[C@@H](C(=O)NC(C)(C)C)N(Cc1ccc(Br)cc1)C(=O)CN(c1cccc(Cl)c1)S(=O)(=O)c1ccc(Cl)cc1. The molecule has 39 heavy (non-hydrogen) atoms. The second kappa shape index (κ2) is 12.7. The number of carbonyl (C=O) groups excluding carboxylic acids is 2. The first-order valence-corrected chi connectivity index (χ1v) is 15.1. The molecule has 2 amide bonds. The third-order valence-electron chi connectivity index (χ3n) is 5.71. The lowest BCUT2D eigenvalue weighted by Gasteiger charge is -2.33. The summed E-state index contributed by atoms with van der Waals surface area (Å²) in [5.41, 5.74) is 0.459. The van der Waals surface area contributed by atoms with Crippen molar-refractivity contribution < 1.29 is 18.0 Å². The minimum absolute atomic E-state index is 0.0438. The first kappa shape index (κ1) is 30.9. The number of halogens is 3. The van der Waals surface area contributed by atoms with Gasteiger partial charge in [-0.2, -0.15) is 0 Å². The monoisotopic (exact) mass is 653 g/mol. The number of benzene rings is 3. The fourth-order valence-corrected chi connectivity index (χ4v) is 5.72. The van der Waals surface area contributed by atoms with Gasteiger partial charge >= 0.3 is 0 Å². The molecule has 1 N–H and O–H groups in total. The van der Waals surface area contributed by atoms with Crippen molar-refractivity contribution in [1.82, 2.24) is 10.2 Å². The number of rotatable bonds is 9. The van der Waals surface area contributed by atoms with E-state index in [-0.39, 0.29) is 23.0 Å². The average Bonchev–Trinajstić information content (AvgIpc) is 2.85. The molecule has 208 valence electrons. The van der Waals surface area contributed by atoms with E-state index in [9.17, 15) is 18.0 Å². The number of hydrogen-bond acceptors (Lipinski definition) is 4. The highest BCUT2D eigenvalue weighted by molar-refractivity contribution is 9.10. The Bertz CT molecular complexity index is 1430. The highest BCUT2D eigenvalue weighted by Crippen LogP contribution is 2.27. The standard InChI is InChI=1S/C28H30BrCl2N3O4S/c1-19(27(36)32-28(2,3)4)33(17-20-8-10-21(29)11-9-20)26(35)18-34(24-7-5-6-23(31)16-24)39(37,38)25-14-12-22(30)13-15-25/h5-16,19H,17-18H2,1-4H3,(H,32,36)/t19-/m0/s1. The van der Waals surface area contributed by atoms with Gasteiger partial charge < -0.3 is 10.2 Å². The maximum absolute atomic E-state index is 13.9. The molecule has 11 heteroatoms. The Kier molecular flexibility index (Phi) is 10.1. The molecule has 0 fully saturated rings. The Balaban J connectivity index is 2.03. The Labute approximate surface area is 248 Å². The van der Waals surface area contributed by atoms with Gasteiger partial charge in [0.05, 0.1) is 10.6 Å². The van der Waals surface area contributed by atoms with Gasteiger partial charge in [-0.15, -0.1) is 0 Å². The highest BCUT2D eigenvalue weighted by Gasteiger charge is 2.33. The van der Waals surface area contributed by atoms with Gasteiger partial charge in [0.2, 0.25) is 11.8 Å². The smallest absolute Gasteiger partial charge is 0.264 e. The molecule has 0 bridgehead atoms. The van der Waals surface area contributed by atoms with Crippen LogP contribution in [0.2, 0.25) is 10.0 Å². The van der Waals surface area contributed by atoms with Crippen molar-refractivity contribution in [1.29, 1.82) is 0 Å². The zero-order valence-corrected chi connectivity index (χ0v) is 25.9. The number of sulfonamides is 1. The molecule has 3 rings (SSSR count). The van der Waals surface area contributed by atoms with E-state index in [1.807, 2.05) is 45.0 Å². The molecule has 0 aliphatic heterocycles. The van der Waals surface area contributed by atoms with Gasteiger partial charge in [0.25, 0.3) is 10.0 Å². The van der Waals surface area contributed by atoms with Crippen molar-refractivity contribution in [2.45, 2.75) is 50.7 Å².